The fourth-order valence-corrected chi connectivity index (χ4v) is 26.9. The van der Waals surface area contributed by atoms with Gasteiger partial charge in [-0.3, -0.25) is 0 Å². The van der Waals surface area contributed by atoms with Crippen LogP contribution in [0.4, 0.5) is 0 Å². The van der Waals surface area contributed by atoms with E-state index in [2.05, 4.69) is 126 Å². The van der Waals surface area contributed by atoms with E-state index in [1.54, 1.807) is 0 Å². The van der Waals surface area contributed by atoms with Gasteiger partial charge in [0, 0.05) is 0 Å². The van der Waals surface area contributed by atoms with E-state index in [1.165, 1.54) is 77.0 Å². The summed E-state index contributed by atoms with van der Waals surface area (Å²) in [6.07, 6.45) is 16.4. The normalized spacial score (nSPS) is 38.1. The highest BCUT2D eigenvalue weighted by Crippen LogP contribution is 2.93. The van der Waals surface area contributed by atoms with Crippen molar-refractivity contribution in [3.63, 3.8) is 0 Å². The lowest BCUT2D eigenvalue weighted by molar-refractivity contribution is 0.472. The molecule has 4 heterocycles. The van der Waals surface area contributed by atoms with Crippen LogP contribution in [0.15, 0.2) is 0 Å². The van der Waals surface area contributed by atoms with Gasteiger partial charge in [-0.15, -0.1) is 70.6 Å². The molecule has 0 aromatic rings. The Bertz CT molecular complexity index is 495. The van der Waals surface area contributed by atoms with E-state index in [1.807, 2.05) is 0 Å². The van der Waals surface area contributed by atoms with E-state index in [0.717, 1.165) is 23.7 Å². The standard InChI is InChI=1S/C28H52S6/c1-9-13-17-21(5)25-29-26(22(6)18-14-10-2)32-27(30-25,23(7)19-15-11-3)34-28(31-25,33-26)24(8)20-16-12-4/h21-24H,9-20H2,1-8H3. The van der Waals surface area contributed by atoms with Gasteiger partial charge >= 0.3 is 0 Å². The van der Waals surface area contributed by atoms with Crippen molar-refractivity contribution >= 4 is 70.6 Å². The van der Waals surface area contributed by atoms with Gasteiger partial charge < -0.3 is 0 Å². The highest BCUT2D eigenvalue weighted by Gasteiger charge is 2.75. The Morgan fingerprint density at radius 3 is 0.706 bits per heavy atom. The Kier molecular flexibility index (Phi) is 11.7. The summed E-state index contributed by atoms with van der Waals surface area (Å²) in [5.41, 5.74) is 0. The van der Waals surface area contributed by atoms with E-state index in [4.69, 9.17) is 0 Å². The van der Waals surface area contributed by atoms with Crippen LogP contribution < -0.4 is 0 Å². The molecule has 0 aromatic carbocycles. The third-order valence-corrected chi connectivity index (χ3v) is 22.3. The zero-order chi connectivity index (χ0) is 25.0. The minimum atomic E-state index is 0.318. The summed E-state index contributed by atoms with van der Waals surface area (Å²) in [5, 5.41) is 0. The topological polar surface area (TPSA) is 0 Å². The lowest BCUT2D eigenvalue weighted by Crippen LogP contribution is -2.60. The number of unbranched alkanes of at least 4 members (excludes halogenated alkanes) is 4. The van der Waals surface area contributed by atoms with Gasteiger partial charge in [0.05, 0.1) is 0 Å². The van der Waals surface area contributed by atoms with Crippen LogP contribution in [-0.4, -0.2) is 13.6 Å². The molecule has 0 nitrogen and oxygen atoms in total. The van der Waals surface area contributed by atoms with Crippen LogP contribution in [-0.2, 0) is 0 Å². The molecule has 4 rings (SSSR count). The third kappa shape index (κ3) is 6.13. The largest absolute Gasteiger partial charge is 0.115 e. The van der Waals surface area contributed by atoms with E-state index in [0.29, 0.717) is 13.6 Å². The molecule has 0 saturated carbocycles. The number of hydrogen-bond acceptors (Lipinski definition) is 6. The van der Waals surface area contributed by atoms with Crippen LogP contribution in [0.25, 0.3) is 0 Å². The molecule has 4 unspecified atom stereocenters. The van der Waals surface area contributed by atoms with Crippen molar-refractivity contribution in [3.8, 4) is 0 Å². The Morgan fingerprint density at radius 1 is 0.382 bits per heavy atom. The summed E-state index contributed by atoms with van der Waals surface area (Å²) in [7, 11) is 0. The third-order valence-electron chi connectivity index (χ3n) is 8.08. The SMILES string of the molecule is CCCCC(C)C12SC3(C(C)CCCC)SC(C(C)CCCC)(S1)SC(C(C)CCCC)(S2)S3. The van der Waals surface area contributed by atoms with Crippen LogP contribution in [0.5, 0.6) is 0 Å². The van der Waals surface area contributed by atoms with Crippen molar-refractivity contribution in [2.75, 3.05) is 0 Å². The maximum Gasteiger partial charge on any atom is 0.115 e. The maximum absolute atomic E-state index is 2.62. The Labute approximate surface area is 238 Å². The van der Waals surface area contributed by atoms with E-state index in [-0.39, 0.29) is 0 Å². The van der Waals surface area contributed by atoms with Gasteiger partial charge in [-0.05, 0) is 49.4 Å². The molecule has 4 aliphatic heterocycles. The van der Waals surface area contributed by atoms with Crippen molar-refractivity contribution in [2.24, 2.45) is 23.7 Å². The smallest absolute Gasteiger partial charge is 0.104 e. The monoisotopic (exact) mass is 580 g/mol. The van der Waals surface area contributed by atoms with E-state index >= 15 is 0 Å². The molecule has 4 aliphatic rings. The van der Waals surface area contributed by atoms with Crippen molar-refractivity contribution in [1.29, 1.82) is 0 Å². The first-order valence-electron chi connectivity index (χ1n) is 14.4. The van der Waals surface area contributed by atoms with Gasteiger partial charge in [-0.1, -0.05) is 107 Å². The fourth-order valence-electron chi connectivity index (χ4n) is 5.40. The molecule has 0 aromatic heterocycles. The molecule has 0 N–H and O–H groups in total. The molecule has 0 aliphatic carbocycles. The molecule has 6 heteroatoms. The van der Waals surface area contributed by atoms with E-state index < -0.39 is 0 Å². The van der Waals surface area contributed by atoms with Gasteiger partial charge in [-0.25, -0.2) is 0 Å². The minimum absolute atomic E-state index is 0.318. The highest BCUT2D eigenvalue weighted by atomic mass is 32.4. The number of hydrogen-bond donors (Lipinski definition) is 0. The van der Waals surface area contributed by atoms with Crippen molar-refractivity contribution in [3.05, 3.63) is 0 Å². The van der Waals surface area contributed by atoms with E-state index in [9.17, 15) is 0 Å². The Hall–Kier alpha value is 2.10. The average molecular weight is 581 g/mol. The fraction of sp³-hybridized carbons (Fsp3) is 1.00. The summed E-state index contributed by atoms with van der Waals surface area (Å²) in [6, 6.07) is 0. The zero-order valence-corrected chi connectivity index (χ0v) is 28.1. The van der Waals surface area contributed by atoms with Crippen molar-refractivity contribution in [2.45, 2.75) is 146 Å². The second-order valence-electron chi connectivity index (χ2n) is 11.2. The molecular formula is C28H52S6. The molecule has 4 saturated heterocycles. The molecule has 4 atom stereocenters. The molecule has 4 bridgehead atoms. The average Bonchev–Trinajstić information content (AvgIpc) is 2.81. The van der Waals surface area contributed by atoms with Crippen LogP contribution in [0.2, 0.25) is 0 Å². The molecule has 0 amide bonds. The van der Waals surface area contributed by atoms with Crippen LogP contribution in [0.1, 0.15) is 132 Å². The van der Waals surface area contributed by atoms with Crippen LogP contribution >= 0.6 is 70.6 Å². The first-order chi connectivity index (χ1) is 16.2. The van der Waals surface area contributed by atoms with Gasteiger partial charge in [0.2, 0.25) is 0 Å². The lowest BCUT2D eigenvalue weighted by Gasteiger charge is -2.71. The quantitative estimate of drug-likeness (QED) is 0.177. The molecule has 34 heavy (non-hydrogen) atoms. The second kappa shape index (κ2) is 13.0. The molecular weight excluding hydrogens is 529 g/mol. The zero-order valence-electron chi connectivity index (χ0n) is 23.2. The summed E-state index contributed by atoms with van der Waals surface area (Å²) < 4.78 is 1.27. The summed E-state index contributed by atoms with van der Waals surface area (Å²) in [5.74, 6) is 3.07. The number of thioether (sulfide) groups is 6. The summed E-state index contributed by atoms with van der Waals surface area (Å²) in [6.45, 7) is 20.0. The summed E-state index contributed by atoms with van der Waals surface area (Å²) >= 11 is 14.6. The van der Waals surface area contributed by atoms with Gasteiger partial charge in [-0.2, -0.15) is 0 Å². The first-order valence-corrected chi connectivity index (χ1v) is 19.3. The molecule has 200 valence electrons. The lowest BCUT2D eigenvalue weighted by atomic mass is 10.1. The highest BCUT2D eigenvalue weighted by molar-refractivity contribution is 8.64. The molecule has 0 spiro atoms. The van der Waals surface area contributed by atoms with Gasteiger partial charge in [0.15, 0.2) is 0 Å². The molecule has 0 radical (unpaired) electrons. The van der Waals surface area contributed by atoms with Crippen LogP contribution in [0, 0.1) is 23.7 Å². The number of rotatable bonds is 16. The Morgan fingerprint density at radius 2 is 0.559 bits per heavy atom. The second-order valence-corrected chi connectivity index (χ2v) is 23.3. The minimum Gasteiger partial charge on any atom is -0.104 e. The predicted octanol–water partition coefficient (Wildman–Crippen LogP) is 12.3. The van der Waals surface area contributed by atoms with Crippen molar-refractivity contribution < 1.29 is 0 Å². The predicted molar refractivity (Wildman–Crippen MR) is 171 cm³/mol. The molecule has 4 fully saturated rings. The maximum atomic E-state index is 2.62. The summed E-state index contributed by atoms with van der Waals surface area (Å²) in [4.78, 5) is 0. The van der Waals surface area contributed by atoms with Crippen LogP contribution in [0.3, 0.4) is 0 Å². The van der Waals surface area contributed by atoms with Gasteiger partial charge in [0.25, 0.3) is 0 Å². The van der Waals surface area contributed by atoms with Gasteiger partial charge in [0.1, 0.15) is 13.6 Å². The van der Waals surface area contributed by atoms with Crippen molar-refractivity contribution in [1.82, 2.24) is 0 Å². The first kappa shape index (κ1) is 30.6. The Balaban J connectivity index is 2.08.